The van der Waals surface area contributed by atoms with Crippen molar-refractivity contribution in [2.45, 2.75) is 38.5 Å². The van der Waals surface area contributed by atoms with Gasteiger partial charge < -0.3 is 10.1 Å². The fourth-order valence-corrected chi connectivity index (χ4v) is 5.02. The molecule has 0 aromatic heterocycles. The molecule has 34 heavy (non-hydrogen) atoms. The van der Waals surface area contributed by atoms with Crippen LogP contribution in [-0.4, -0.2) is 34.0 Å². The van der Waals surface area contributed by atoms with E-state index in [9.17, 15) is 13.2 Å². The molecular formula is C27H32N2O4S. The molecule has 0 aliphatic heterocycles. The van der Waals surface area contributed by atoms with Gasteiger partial charge in [-0.1, -0.05) is 47.5 Å². The van der Waals surface area contributed by atoms with Crippen LogP contribution < -0.4 is 14.4 Å². The first-order valence-corrected chi connectivity index (χ1v) is 12.9. The lowest BCUT2D eigenvalue weighted by Crippen LogP contribution is -2.41. The van der Waals surface area contributed by atoms with Crippen LogP contribution in [0.5, 0.6) is 5.75 Å². The van der Waals surface area contributed by atoms with Crippen molar-refractivity contribution in [2.75, 3.05) is 24.0 Å². The highest BCUT2D eigenvalue weighted by molar-refractivity contribution is 7.92. The second-order valence-corrected chi connectivity index (χ2v) is 10.1. The quantitative estimate of drug-likeness (QED) is 0.406. The number of ether oxygens (including phenoxy) is 1. The third-order valence-corrected chi connectivity index (χ3v) is 7.17. The van der Waals surface area contributed by atoms with Crippen LogP contribution in [0.4, 0.5) is 5.69 Å². The zero-order valence-corrected chi connectivity index (χ0v) is 20.8. The second-order valence-electron chi connectivity index (χ2n) is 8.19. The van der Waals surface area contributed by atoms with Crippen LogP contribution >= 0.6 is 0 Å². The summed E-state index contributed by atoms with van der Waals surface area (Å²) >= 11 is 0. The Labute approximate surface area is 202 Å². The highest BCUT2D eigenvalue weighted by Gasteiger charge is 2.27. The SMILES string of the molecule is CCOc1ccc(S(=O)(=O)N(CC(=O)NCCCc2cccc(C)c2)c2ccc(C)cc2)cc1. The van der Waals surface area contributed by atoms with E-state index in [1.54, 1.807) is 24.3 Å². The summed E-state index contributed by atoms with van der Waals surface area (Å²) in [4.78, 5) is 12.8. The molecule has 1 N–H and O–H groups in total. The van der Waals surface area contributed by atoms with Crippen molar-refractivity contribution >= 4 is 21.6 Å². The van der Waals surface area contributed by atoms with Crippen molar-refractivity contribution in [3.63, 3.8) is 0 Å². The molecule has 0 aliphatic rings. The molecule has 0 heterocycles. The molecule has 0 atom stereocenters. The summed E-state index contributed by atoms with van der Waals surface area (Å²) in [7, 11) is -3.96. The molecule has 0 radical (unpaired) electrons. The highest BCUT2D eigenvalue weighted by Crippen LogP contribution is 2.25. The largest absolute Gasteiger partial charge is 0.494 e. The molecule has 3 aromatic rings. The minimum absolute atomic E-state index is 0.101. The fourth-order valence-electron chi connectivity index (χ4n) is 3.60. The molecular weight excluding hydrogens is 448 g/mol. The summed E-state index contributed by atoms with van der Waals surface area (Å²) in [6, 6.07) is 21.6. The second kappa shape index (κ2) is 11.7. The Hall–Kier alpha value is -3.32. The van der Waals surface area contributed by atoms with E-state index in [0.717, 1.165) is 22.7 Å². The maximum Gasteiger partial charge on any atom is 0.264 e. The normalized spacial score (nSPS) is 11.1. The molecule has 6 nitrogen and oxygen atoms in total. The number of hydrogen-bond acceptors (Lipinski definition) is 4. The van der Waals surface area contributed by atoms with Gasteiger partial charge in [0.15, 0.2) is 0 Å². The maximum absolute atomic E-state index is 13.5. The first-order chi connectivity index (χ1) is 16.3. The van der Waals surface area contributed by atoms with E-state index < -0.39 is 10.0 Å². The topological polar surface area (TPSA) is 75.7 Å². The van der Waals surface area contributed by atoms with Crippen LogP contribution in [0.1, 0.15) is 30.0 Å². The van der Waals surface area contributed by atoms with Gasteiger partial charge in [0.1, 0.15) is 12.3 Å². The minimum atomic E-state index is -3.96. The van der Waals surface area contributed by atoms with E-state index in [2.05, 4.69) is 30.4 Å². The predicted octanol–water partition coefficient (Wildman–Crippen LogP) is 4.65. The molecule has 0 aliphatic carbocycles. The molecule has 0 spiro atoms. The van der Waals surface area contributed by atoms with Crippen LogP contribution in [0.2, 0.25) is 0 Å². The summed E-state index contributed by atoms with van der Waals surface area (Å²) in [6.45, 7) is 6.50. The first kappa shape index (κ1) is 25.3. The molecule has 0 fully saturated rings. The zero-order chi connectivity index (χ0) is 24.6. The number of nitrogens with zero attached hydrogens (tertiary/aromatic N) is 1. The van der Waals surface area contributed by atoms with Gasteiger partial charge in [-0.3, -0.25) is 9.10 Å². The Balaban J connectivity index is 1.71. The third kappa shape index (κ3) is 6.84. The predicted molar refractivity (Wildman–Crippen MR) is 136 cm³/mol. The van der Waals surface area contributed by atoms with E-state index in [-0.39, 0.29) is 17.3 Å². The van der Waals surface area contributed by atoms with Crippen molar-refractivity contribution < 1.29 is 17.9 Å². The fraction of sp³-hybridized carbons (Fsp3) is 0.296. The summed E-state index contributed by atoms with van der Waals surface area (Å²) in [5.41, 5.74) is 3.86. The number of benzene rings is 3. The lowest BCUT2D eigenvalue weighted by atomic mass is 10.1. The van der Waals surface area contributed by atoms with Crippen molar-refractivity contribution in [3.05, 3.63) is 89.5 Å². The Kier molecular flexibility index (Phi) is 8.71. The molecule has 3 rings (SSSR count). The first-order valence-electron chi connectivity index (χ1n) is 11.4. The number of anilines is 1. The number of carbonyl (C=O) groups excluding carboxylic acids is 1. The molecule has 0 saturated carbocycles. The van der Waals surface area contributed by atoms with Crippen molar-refractivity contribution in [1.82, 2.24) is 5.32 Å². The van der Waals surface area contributed by atoms with E-state index in [0.29, 0.717) is 24.6 Å². The summed E-state index contributed by atoms with van der Waals surface area (Å²) < 4.78 is 33.5. The Morgan fingerprint density at radius 3 is 2.29 bits per heavy atom. The van der Waals surface area contributed by atoms with E-state index in [1.165, 1.54) is 23.3 Å². The summed E-state index contributed by atoms with van der Waals surface area (Å²) in [5, 5.41) is 2.86. The van der Waals surface area contributed by atoms with Crippen molar-refractivity contribution in [1.29, 1.82) is 0 Å². The lowest BCUT2D eigenvalue weighted by Gasteiger charge is -2.24. The minimum Gasteiger partial charge on any atom is -0.494 e. The number of sulfonamides is 1. The van der Waals surface area contributed by atoms with Gasteiger partial charge in [-0.2, -0.15) is 0 Å². The van der Waals surface area contributed by atoms with Gasteiger partial charge in [-0.05, 0) is 75.6 Å². The third-order valence-electron chi connectivity index (χ3n) is 5.38. The average Bonchev–Trinajstić information content (AvgIpc) is 2.82. The summed E-state index contributed by atoms with van der Waals surface area (Å²) in [6.07, 6.45) is 1.61. The number of nitrogens with one attached hydrogen (secondary N) is 1. The van der Waals surface area contributed by atoms with Crippen LogP contribution in [0.25, 0.3) is 0 Å². The molecule has 0 saturated heterocycles. The van der Waals surface area contributed by atoms with E-state index in [1.807, 2.05) is 32.0 Å². The van der Waals surface area contributed by atoms with E-state index >= 15 is 0 Å². The van der Waals surface area contributed by atoms with Gasteiger partial charge in [0, 0.05) is 6.54 Å². The maximum atomic E-state index is 13.5. The van der Waals surface area contributed by atoms with Gasteiger partial charge in [0.2, 0.25) is 5.91 Å². The zero-order valence-electron chi connectivity index (χ0n) is 20.0. The van der Waals surface area contributed by atoms with Gasteiger partial charge in [0.25, 0.3) is 10.0 Å². The van der Waals surface area contributed by atoms with E-state index in [4.69, 9.17) is 4.74 Å². The summed E-state index contributed by atoms with van der Waals surface area (Å²) in [5.74, 6) is 0.244. The van der Waals surface area contributed by atoms with Crippen LogP contribution in [0, 0.1) is 13.8 Å². The van der Waals surface area contributed by atoms with Crippen LogP contribution in [-0.2, 0) is 21.2 Å². The number of hydrogen-bond donors (Lipinski definition) is 1. The molecule has 180 valence electrons. The van der Waals surface area contributed by atoms with Gasteiger partial charge in [0.05, 0.1) is 17.2 Å². The highest BCUT2D eigenvalue weighted by atomic mass is 32.2. The molecule has 0 bridgehead atoms. The van der Waals surface area contributed by atoms with Crippen LogP contribution in [0.3, 0.4) is 0 Å². The molecule has 0 unspecified atom stereocenters. The van der Waals surface area contributed by atoms with Gasteiger partial charge in [-0.25, -0.2) is 8.42 Å². The lowest BCUT2D eigenvalue weighted by molar-refractivity contribution is -0.119. The molecule has 3 aromatic carbocycles. The Morgan fingerprint density at radius 1 is 0.941 bits per heavy atom. The number of rotatable bonds is 11. The number of aryl methyl sites for hydroxylation is 3. The van der Waals surface area contributed by atoms with Crippen LogP contribution in [0.15, 0.2) is 77.7 Å². The molecule has 7 heteroatoms. The smallest absolute Gasteiger partial charge is 0.264 e. The number of carbonyl (C=O) groups is 1. The van der Waals surface area contributed by atoms with Crippen molar-refractivity contribution in [2.24, 2.45) is 0 Å². The Morgan fingerprint density at radius 2 is 1.65 bits per heavy atom. The van der Waals surface area contributed by atoms with Crippen molar-refractivity contribution in [3.8, 4) is 5.75 Å². The molecule has 1 amide bonds. The average molecular weight is 481 g/mol. The van der Waals surface area contributed by atoms with Gasteiger partial charge in [-0.15, -0.1) is 0 Å². The Bertz CT molecular complexity index is 1190. The van der Waals surface area contributed by atoms with Gasteiger partial charge >= 0.3 is 0 Å². The standard InChI is InChI=1S/C27H32N2O4S/c1-4-33-25-14-16-26(17-15-25)34(31,32)29(24-12-10-21(2)11-13-24)20-27(30)28-18-6-9-23-8-5-7-22(3)19-23/h5,7-8,10-17,19H,4,6,9,18,20H2,1-3H3,(H,28,30). The monoisotopic (exact) mass is 480 g/mol. The number of amides is 1.